The zero-order valence-corrected chi connectivity index (χ0v) is 11.7. The first-order chi connectivity index (χ1) is 6.83. The van der Waals surface area contributed by atoms with Gasteiger partial charge in [-0.15, -0.1) is 0 Å². The van der Waals surface area contributed by atoms with Gasteiger partial charge in [0.2, 0.25) is 0 Å². The average Bonchev–Trinajstić information content (AvgIpc) is 2.15. The van der Waals surface area contributed by atoms with Crippen molar-refractivity contribution < 1.29 is 18.1 Å². The molecule has 0 N–H and O–H groups in total. The van der Waals surface area contributed by atoms with Crippen LogP contribution in [0, 0.1) is 0 Å². The van der Waals surface area contributed by atoms with Gasteiger partial charge in [-0.3, -0.25) is 13.6 Å². The van der Waals surface area contributed by atoms with E-state index in [0.29, 0.717) is 19.3 Å². The molecule has 4 nitrogen and oxygen atoms in total. The van der Waals surface area contributed by atoms with Gasteiger partial charge >= 0.3 is 7.82 Å². The lowest BCUT2D eigenvalue weighted by atomic mass is 10.3. The highest BCUT2D eigenvalue weighted by molar-refractivity contribution is 7.48. The molecule has 0 amide bonds. The van der Waals surface area contributed by atoms with Gasteiger partial charge in [0.25, 0.3) is 0 Å². The molecule has 0 aromatic heterocycles. The predicted octanol–water partition coefficient (Wildman–Crippen LogP) is 3.94. The van der Waals surface area contributed by atoms with E-state index in [-0.39, 0.29) is 6.61 Å². The molecule has 0 fully saturated rings. The number of unbranched alkanes of at least 4 members (excludes halogenated alkanes) is 1. The molecule has 0 aromatic rings. The number of alkyl halides is 3. The Bertz CT molecular complexity index is 211. The molecule has 0 aliphatic rings. The molecule has 15 heavy (non-hydrogen) atoms. The number of halogens is 3. The molecule has 0 bridgehead atoms. The fraction of sp³-hybridized carbons (Fsp3) is 1.00. The predicted molar refractivity (Wildman–Crippen MR) is 61.7 cm³/mol. The molecular formula is C7H14Cl3O4P. The van der Waals surface area contributed by atoms with Crippen LogP contribution in [0.1, 0.15) is 19.3 Å². The van der Waals surface area contributed by atoms with Crippen LogP contribution in [0.4, 0.5) is 0 Å². The van der Waals surface area contributed by atoms with Gasteiger partial charge in [0, 0.05) is 14.2 Å². The van der Waals surface area contributed by atoms with Gasteiger partial charge in [-0.2, -0.15) is 0 Å². The Kier molecular flexibility index (Phi) is 7.81. The minimum Gasteiger partial charge on any atom is -0.290 e. The van der Waals surface area contributed by atoms with E-state index in [1.54, 1.807) is 0 Å². The first kappa shape index (κ1) is 16.0. The summed E-state index contributed by atoms with van der Waals surface area (Å²) < 4.78 is 24.2. The fourth-order valence-electron chi connectivity index (χ4n) is 0.784. The van der Waals surface area contributed by atoms with Crippen LogP contribution in [0.3, 0.4) is 0 Å². The van der Waals surface area contributed by atoms with Crippen LogP contribution >= 0.6 is 42.6 Å². The van der Waals surface area contributed by atoms with Crippen LogP contribution in [-0.4, -0.2) is 24.6 Å². The lowest BCUT2D eigenvalue weighted by Crippen LogP contribution is -2.03. The van der Waals surface area contributed by atoms with Gasteiger partial charge < -0.3 is 0 Å². The quantitative estimate of drug-likeness (QED) is 0.406. The van der Waals surface area contributed by atoms with Crippen molar-refractivity contribution in [3.63, 3.8) is 0 Å². The Labute approximate surface area is 105 Å². The van der Waals surface area contributed by atoms with Crippen LogP contribution in [0.5, 0.6) is 0 Å². The maximum Gasteiger partial charge on any atom is 0.474 e. The van der Waals surface area contributed by atoms with Crippen molar-refractivity contribution in [2.45, 2.75) is 23.1 Å². The lowest BCUT2D eigenvalue weighted by Gasteiger charge is -2.13. The van der Waals surface area contributed by atoms with Crippen molar-refractivity contribution in [2.75, 3.05) is 20.8 Å². The monoisotopic (exact) mass is 298 g/mol. The Morgan fingerprint density at radius 2 is 1.67 bits per heavy atom. The van der Waals surface area contributed by atoms with Crippen molar-refractivity contribution in [1.82, 2.24) is 0 Å². The topological polar surface area (TPSA) is 44.8 Å². The summed E-state index contributed by atoms with van der Waals surface area (Å²) >= 11 is 16.6. The summed E-state index contributed by atoms with van der Waals surface area (Å²) in [6, 6.07) is 0. The highest BCUT2D eigenvalue weighted by Gasteiger charge is 2.22. The number of rotatable bonds is 7. The summed E-state index contributed by atoms with van der Waals surface area (Å²) in [5.41, 5.74) is 0. The molecule has 0 unspecified atom stereocenters. The molecule has 0 spiro atoms. The SMILES string of the molecule is COP(=O)(OC)OCCCCC(Cl)(Cl)Cl. The lowest BCUT2D eigenvalue weighted by molar-refractivity contribution is 0.150. The van der Waals surface area contributed by atoms with E-state index in [4.69, 9.17) is 39.3 Å². The van der Waals surface area contributed by atoms with E-state index in [9.17, 15) is 4.57 Å². The Morgan fingerprint density at radius 3 is 2.07 bits per heavy atom. The van der Waals surface area contributed by atoms with Gasteiger partial charge in [-0.25, -0.2) is 4.57 Å². The summed E-state index contributed by atoms with van der Waals surface area (Å²) in [7, 11) is -0.850. The normalized spacial score (nSPS) is 13.1. The fourth-order valence-corrected chi connectivity index (χ4v) is 1.90. The van der Waals surface area contributed by atoms with Crippen molar-refractivity contribution in [3.05, 3.63) is 0 Å². The second kappa shape index (κ2) is 7.33. The molecule has 0 rings (SSSR count). The summed E-state index contributed by atoms with van der Waals surface area (Å²) in [4.78, 5) is 0. The third-order valence-corrected chi connectivity index (χ3v) is 3.51. The van der Waals surface area contributed by atoms with Gasteiger partial charge in [0.15, 0.2) is 3.79 Å². The Morgan fingerprint density at radius 1 is 1.13 bits per heavy atom. The molecule has 0 radical (unpaired) electrons. The molecule has 0 aliphatic carbocycles. The zero-order chi connectivity index (χ0) is 11.9. The summed E-state index contributed by atoms with van der Waals surface area (Å²) in [5, 5.41) is 0. The van der Waals surface area contributed by atoms with E-state index in [1.165, 1.54) is 14.2 Å². The van der Waals surface area contributed by atoms with Crippen molar-refractivity contribution >= 4 is 42.6 Å². The van der Waals surface area contributed by atoms with E-state index in [0.717, 1.165) is 0 Å². The van der Waals surface area contributed by atoms with Gasteiger partial charge in [-0.05, 0) is 19.3 Å². The molecule has 0 heterocycles. The van der Waals surface area contributed by atoms with Crippen molar-refractivity contribution in [3.8, 4) is 0 Å². The van der Waals surface area contributed by atoms with Crippen LogP contribution in [0.2, 0.25) is 0 Å². The van der Waals surface area contributed by atoms with Gasteiger partial charge in [0.1, 0.15) is 0 Å². The van der Waals surface area contributed by atoms with Crippen LogP contribution < -0.4 is 0 Å². The Balaban J connectivity index is 3.59. The molecule has 8 heteroatoms. The van der Waals surface area contributed by atoms with E-state index in [2.05, 4.69) is 9.05 Å². The maximum atomic E-state index is 11.4. The van der Waals surface area contributed by atoms with Crippen LogP contribution in [0.25, 0.3) is 0 Å². The third-order valence-electron chi connectivity index (χ3n) is 1.55. The van der Waals surface area contributed by atoms with E-state index < -0.39 is 11.6 Å². The minimum atomic E-state index is -3.36. The highest BCUT2D eigenvalue weighted by Crippen LogP contribution is 2.47. The van der Waals surface area contributed by atoms with E-state index in [1.807, 2.05) is 0 Å². The first-order valence-corrected chi connectivity index (χ1v) is 6.85. The summed E-state index contributed by atoms with van der Waals surface area (Å²) in [6.45, 7) is 0.236. The van der Waals surface area contributed by atoms with Crippen LogP contribution in [-0.2, 0) is 18.1 Å². The largest absolute Gasteiger partial charge is 0.474 e. The molecule has 0 aromatic carbocycles. The molecule has 0 saturated carbocycles. The third kappa shape index (κ3) is 8.75. The van der Waals surface area contributed by atoms with Crippen molar-refractivity contribution in [1.29, 1.82) is 0 Å². The molecular weight excluding hydrogens is 285 g/mol. The van der Waals surface area contributed by atoms with Gasteiger partial charge in [-0.1, -0.05) is 34.8 Å². The van der Waals surface area contributed by atoms with Gasteiger partial charge in [0.05, 0.1) is 6.61 Å². The van der Waals surface area contributed by atoms with E-state index >= 15 is 0 Å². The molecule has 0 aliphatic heterocycles. The number of hydrogen-bond donors (Lipinski definition) is 0. The maximum absolute atomic E-state index is 11.4. The second-order valence-corrected chi connectivity index (χ2v) is 7.12. The summed E-state index contributed by atoms with van der Waals surface area (Å²) in [5.74, 6) is 0. The summed E-state index contributed by atoms with van der Waals surface area (Å²) in [6.07, 6.45) is 1.69. The van der Waals surface area contributed by atoms with Crippen molar-refractivity contribution in [2.24, 2.45) is 0 Å². The molecule has 0 atom stereocenters. The smallest absolute Gasteiger partial charge is 0.290 e. The zero-order valence-electron chi connectivity index (χ0n) is 8.54. The average molecular weight is 300 g/mol. The highest BCUT2D eigenvalue weighted by atomic mass is 35.6. The molecule has 0 saturated heterocycles. The number of phosphoric acid groups is 1. The molecule has 92 valence electrons. The number of hydrogen-bond acceptors (Lipinski definition) is 4. The Hall–Kier alpha value is 0.980. The van der Waals surface area contributed by atoms with Crippen LogP contribution in [0.15, 0.2) is 0 Å². The minimum absolute atomic E-state index is 0.236. The first-order valence-electron chi connectivity index (χ1n) is 4.26. The second-order valence-electron chi connectivity index (χ2n) is 2.72. The number of phosphoric ester groups is 1. The standard InChI is InChI=1S/C7H14Cl3O4P/c1-12-15(11,13-2)14-6-4-3-5-7(8,9)10/h3-6H2,1-2H3.